The molecule has 134 valence electrons. The largest absolute Gasteiger partial charge is 0.486 e. The summed E-state index contributed by atoms with van der Waals surface area (Å²) in [5, 5.41) is 3.08. The second-order valence-corrected chi connectivity index (χ2v) is 7.67. The van der Waals surface area contributed by atoms with Crippen molar-refractivity contribution >= 4 is 29.0 Å². The lowest BCUT2D eigenvalue weighted by atomic mass is 10.0. The van der Waals surface area contributed by atoms with Gasteiger partial charge in [-0.3, -0.25) is 0 Å². The maximum Gasteiger partial charge on any atom is 0.317 e. The van der Waals surface area contributed by atoms with E-state index in [1.165, 1.54) is 11.3 Å². The Labute approximate surface area is 156 Å². The fourth-order valence-corrected chi connectivity index (χ4v) is 3.84. The molecule has 2 heterocycles. The monoisotopic (exact) mass is 380 g/mol. The molecule has 0 aliphatic carbocycles. The third-order valence-corrected chi connectivity index (χ3v) is 5.26. The van der Waals surface area contributed by atoms with E-state index in [9.17, 15) is 4.79 Å². The minimum atomic E-state index is -0.119. The highest BCUT2D eigenvalue weighted by molar-refractivity contribution is 7.16. The van der Waals surface area contributed by atoms with E-state index >= 15 is 0 Å². The minimum absolute atomic E-state index is 0.0855. The average molecular weight is 381 g/mol. The van der Waals surface area contributed by atoms with E-state index < -0.39 is 0 Å². The minimum Gasteiger partial charge on any atom is -0.486 e. The maximum absolute atomic E-state index is 12.5. The van der Waals surface area contributed by atoms with Gasteiger partial charge in [0.05, 0.1) is 16.9 Å². The Bertz CT molecular complexity index is 750. The number of amides is 2. The van der Waals surface area contributed by atoms with E-state index in [0.29, 0.717) is 19.8 Å². The number of carbonyl (C=O) groups is 1. The number of halogens is 1. The second-order valence-electron chi connectivity index (χ2n) is 5.88. The number of carbonyl (C=O) groups excluding carboxylic acids is 1. The highest BCUT2D eigenvalue weighted by Crippen LogP contribution is 2.33. The standard InChI is InChI=1S/C18H21ClN2O3S/c1-3-14(12-4-6-15-16(10-12)24-9-8-23-15)20-18(22)21(2)11-13-5-7-17(19)25-13/h4-7,10,14H,3,8-9,11H2,1-2H3,(H,20,22). The SMILES string of the molecule is CCC(NC(=O)N(C)Cc1ccc(Cl)s1)c1ccc2c(c1)OCCO2. The Morgan fingerprint density at radius 2 is 2.04 bits per heavy atom. The molecule has 0 radical (unpaired) electrons. The number of hydrogen-bond donors (Lipinski definition) is 1. The van der Waals surface area contributed by atoms with Gasteiger partial charge in [0.25, 0.3) is 0 Å². The predicted molar refractivity (Wildman–Crippen MR) is 99.8 cm³/mol. The smallest absolute Gasteiger partial charge is 0.317 e. The van der Waals surface area contributed by atoms with Crippen LogP contribution in [0.25, 0.3) is 0 Å². The zero-order chi connectivity index (χ0) is 17.8. The van der Waals surface area contributed by atoms with Crippen LogP contribution in [0, 0.1) is 0 Å². The number of nitrogens with zero attached hydrogens (tertiary/aromatic N) is 1. The fourth-order valence-electron chi connectivity index (χ4n) is 2.70. The van der Waals surface area contributed by atoms with Crippen LogP contribution >= 0.6 is 22.9 Å². The predicted octanol–water partition coefficient (Wildman–Crippen LogP) is 4.47. The van der Waals surface area contributed by atoms with Gasteiger partial charge in [-0.15, -0.1) is 11.3 Å². The van der Waals surface area contributed by atoms with E-state index in [1.807, 2.05) is 37.3 Å². The molecule has 2 amide bonds. The Hall–Kier alpha value is -1.92. The highest BCUT2D eigenvalue weighted by atomic mass is 35.5. The third-order valence-electron chi connectivity index (χ3n) is 4.04. The highest BCUT2D eigenvalue weighted by Gasteiger charge is 2.19. The van der Waals surface area contributed by atoms with E-state index in [-0.39, 0.29) is 12.1 Å². The van der Waals surface area contributed by atoms with Crippen molar-refractivity contribution in [2.24, 2.45) is 0 Å². The van der Waals surface area contributed by atoms with Gasteiger partial charge in [0.1, 0.15) is 13.2 Å². The van der Waals surface area contributed by atoms with Crippen LogP contribution in [0.2, 0.25) is 4.34 Å². The summed E-state index contributed by atoms with van der Waals surface area (Å²) in [6, 6.07) is 9.40. The number of rotatable bonds is 5. The zero-order valence-electron chi connectivity index (χ0n) is 14.3. The molecule has 1 aliphatic rings. The van der Waals surface area contributed by atoms with E-state index in [0.717, 1.165) is 32.7 Å². The Kier molecular flexibility index (Phi) is 5.71. The summed E-state index contributed by atoms with van der Waals surface area (Å²) in [7, 11) is 1.78. The van der Waals surface area contributed by atoms with E-state index in [2.05, 4.69) is 5.32 Å². The number of thiophene rings is 1. The molecular weight excluding hydrogens is 360 g/mol. The van der Waals surface area contributed by atoms with Crippen molar-refractivity contribution in [3.63, 3.8) is 0 Å². The summed E-state index contributed by atoms with van der Waals surface area (Å²) >= 11 is 7.43. The molecule has 1 aromatic carbocycles. The van der Waals surface area contributed by atoms with E-state index in [1.54, 1.807) is 11.9 Å². The molecule has 0 spiro atoms. The topological polar surface area (TPSA) is 50.8 Å². The van der Waals surface area contributed by atoms with Crippen molar-refractivity contribution in [3.8, 4) is 11.5 Å². The number of benzene rings is 1. The lowest BCUT2D eigenvalue weighted by Crippen LogP contribution is -2.38. The molecular formula is C18H21ClN2O3S. The molecule has 1 N–H and O–H groups in total. The number of fused-ring (bicyclic) bond motifs is 1. The molecule has 0 saturated carbocycles. The first-order valence-electron chi connectivity index (χ1n) is 8.22. The Balaban J connectivity index is 1.65. The fraction of sp³-hybridized carbons (Fsp3) is 0.389. The summed E-state index contributed by atoms with van der Waals surface area (Å²) in [5.74, 6) is 1.49. The van der Waals surface area contributed by atoms with Crippen molar-refractivity contribution in [2.45, 2.75) is 25.9 Å². The summed E-state index contributed by atoms with van der Waals surface area (Å²) in [5.41, 5.74) is 1.01. The van der Waals surface area contributed by atoms with Crippen molar-refractivity contribution in [3.05, 3.63) is 45.1 Å². The van der Waals surface area contributed by atoms with Crippen molar-refractivity contribution < 1.29 is 14.3 Å². The summed E-state index contributed by atoms with van der Waals surface area (Å²) in [6.45, 7) is 3.69. The summed E-state index contributed by atoms with van der Waals surface area (Å²) in [4.78, 5) is 15.2. The van der Waals surface area contributed by atoms with Crippen LogP contribution in [0.1, 0.15) is 29.8 Å². The van der Waals surface area contributed by atoms with Crippen LogP contribution in [0.15, 0.2) is 30.3 Å². The summed E-state index contributed by atoms with van der Waals surface area (Å²) < 4.78 is 11.9. The summed E-state index contributed by atoms with van der Waals surface area (Å²) in [6.07, 6.45) is 0.782. The van der Waals surface area contributed by atoms with Crippen molar-refractivity contribution in [1.82, 2.24) is 10.2 Å². The van der Waals surface area contributed by atoms with E-state index in [4.69, 9.17) is 21.1 Å². The first-order chi connectivity index (χ1) is 12.1. The van der Waals surface area contributed by atoms with Crippen LogP contribution in [-0.4, -0.2) is 31.2 Å². The quantitative estimate of drug-likeness (QED) is 0.832. The molecule has 3 rings (SSSR count). The lowest BCUT2D eigenvalue weighted by molar-refractivity contribution is 0.171. The van der Waals surface area contributed by atoms with Gasteiger partial charge in [0.15, 0.2) is 11.5 Å². The first kappa shape index (κ1) is 17.9. The first-order valence-corrected chi connectivity index (χ1v) is 9.41. The van der Waals surface area contributed by atoms with Crippen molar-refractivity contribution in [1.29, 1.82) is 0 Å². The molecule has 25 heavy (non-hydrogen) atoms. The van der Waals surface area contributed by atoms with Gasteiger partial charge >= 0.3 is 6.03 Å². The number of urea groups is 1. The van der Waals surface area contributed by atoms with Gasteiger partial charge in [0.2, 0.25) is 0 Å². The average Bonchev–Trinajstić information content (AvgIpc) is 3.03. The maximum atomic E-state index is 12.5. The van der Waals surface area contributed by atoms with Crippen LogP contribution < -0.4 is 14.8 Å². The molecule has 7 heteroatoms. The number of ether oxygens (including phenoxy) is 2. The molecule has 2 aromatic rings. The van der Waals surface area contributed by atoms with Gasteiger partial charge in [-0.1, -0.05) is 24.6 Å². The van der Waals surface area contributed by atoms with Crippen LogP contribution in [0.4, 0.5) is 4.79 Å². The molecule has 0 saturated heterocycles. The van der Waals surface area contributed by atoms with Gasteiger partial charge in [0, 0.05) is 11.9 Å². The molecule has 0 bridgehead atoms. The second kappa shape index (κ2) is 7.97. The molecule has 5 nitrogen and oxygen atoms in total. The lowest BCUT2D eigenvalue weighted by Gasteiger charge is -2.24. The van der Waals surface area contributed by atoms with Gasteiger partial charge in [-0.25, -0.2) is 4.79 Å². The molecule has 1 aromatic heterocycles. The third kappa shape index (κ3) is 4.38. The molecule has 1 unspecified atom stereocenters. The van der Waals surface area contributed by atoms with Crippen molar-refractivity contribution in [2.75, 3.05) is 20.3 Å². The Morgan fingerprint density at radius 3 is 2.72 bits per heavy atom. The van der Waals surface area contributed by atoms with Gasteiger partial charge in [-0.05, 0) is 36.2 Å². The Morgan fingerprint density at radius 1 is 1.28 bits per heavy atom. The van der Waals surface area contributed by atoms with Crippen LogP contribution in [0.3, 0.4) is 0 Å². The number of nitrogens with one attached hydrogen (secondary N) is 1. The number of hydrogen-bond acceptors (Lipinski definition) is 4. The molecule has 1 atom stereocenters. The zero-order valence-corrected chi connectivity index (χ0v) is 15.8. The molecule has 0 fully saturated rings. The molecule has 1 aliphatic heterocycles. The van der Waals surface area contributed by atoms with Crippen LogP contribution in [-0.2, 0) is 6.54 Å². The normalized spacial score (nSPS) is 14.0. The van der Waals surface area contributed by atoms with Gasteiger partial charge < -0.3 is 19.7 Å². The van der Waals surface area contributed by atoms with Crippen LogP contribution in [0.5, 0.6) is 11.5 Å². The van der Waals surface area contributed by atoms with Gasteiger partial charge in [-0.2, -0.15) is 0 Å².